The molecule has 4 nitrogen and oxygen atoms in total. The zero-order valence-electron chi connectivity index (χ0n) is 12.2. The molecule has 2 rings (SSSR count). The van der Waals surface area contributed by atoms with Crippen molar-refractivity contribution in [1.29, 1.82) is 0 Å². The average molecular weight is 288 g/mol. The number of carbonyl (C=O) groups excluding carboxylic acids is 1. The highest BCUT2D eigenvalue weighted by atomic mass is 19.1. The third-order valence-electron chi connectivity index (χ3n) is 3.46. The maximum Gasteiger partial charge on any atom is 0.268 e. The molecule has 2 N–H and O–H groups in total. The number of aromatic nitrogens is 1. The van der Waals surface area contributed by atoms with Crippen molar-refractivity contribution in [3.05, 3.63) is 63.3 Å². The van der Waals surface area contributed by atoms with Gasteiger partial charge in [0.25, 0.3) is 11.5 Å². The molecule has 0 aliphatic carbocycles. The van der Waals surface area contributed by atoms with Crippen molar-refractivity contribution < 1.29 is 9.18 Å². The molecule has 21 heavy (non-hydrogen) atoms. The number of hydrogen-bond acceptors (Lipinski definition) is 2. The van der Waals surface area contributed by atoms with Crippen LogP contribution in [0.2, 0.25) is 0 Å². The number of pyridine rings is 1. The zero-order valence-corrected chi connectivity index (χ0v) is 12.2. The van der Waals surface area contributed by atoms with E-state index < -0.39 is 11.5 Å². The van der Waals surface area contributed by atoms with Crippen LogP contribution >= 0.6 is 0 Å². The SMILES string of the molecule is Cc1c(C(C)C)cc(C(N)=O)c(=O)n1-c1ccc(F)cc1. The zero-order chi connectivity index (χ0) is 15.7. The van der Waals surface area contributed by atoms with Gasteiger partial charge in [-0.05, 0) is 48.7 Å². The average Bonchev–Trinajstić information content (AvgIpc) is 2.40. The second kappa shape index (κ2) is 5.52. The first-order valence-corrected chi connectivity index (χ1v) is 6.65. The molecule has 0 radical (unpaired) electrons. The lowest BCUT2D eigenvalue weighted by molar-refractivity contribution is 0.0998. The maximum absolute atomic E-state index is 13.1. The normalized spacial score (nSPS) is 10.9. The van der Waals surface area contributed by atoms with Gasteiger partial charge in [-0.15, -0.1) is 0 Å². The van der Waals surface area contributed by atoms with Gasteiger partial charge in [0.15, 0.2) is 0 Å². The summed E-state index contributed by atoms with van der Waals surface area (Å²) in [5, 5.41) is 0. The molecule has 0 saturated heterocycles. The van der Waals surface area contributed by atoms with Crippen molar-refractivity contribution >= 4 is 5.91 Å². The molecule has 2 aromatic rings. The summed E-state index contributed by atoms with van der Waals surface area (Å²) in [6, 6.07) is 7.09. The summed E-state index contributed by atoms with van der Waals surface area (Å²) in [6.45, 7) is 5.73. The molecular weight excluding hydrogens is 271 g/mol. The number of primary amides is 1. The van der Waals surface area contributed by atoms with Crippen LogP contribution in [0.25, 0.3) is 5.69 Å². The predicted octanol–water partition coefficient (Wildman–Crippen LogP) is 2.51. The van der Waals surface area contributed by atoms with Gasteiger partial charge in [-0.2, -0.15) is 0 Å². The largest absolute Gasteiger partial charge is 0.365 e. The van der Waals surface area contributed by atoms with E-state index in [2.05, 4.69) is 0 Å². The predicted molar refractivity (Wildman–Crippen MR) is 79.3 cm³/mol. The van der Waals surface area contributed by atoms with Crippen LogP contribution < -0.4 is 11.3 Å². The topological polar surface area (TPSA) is 65.1 Å². The number of rotatable bonds is 3. The van der Waals surface area contributed by atoms with Gasteiger partial charge in [0.2, 0.25) is 0 Å². The fraction of sp³-hybridized carbons (Fsp3) is 0.250. The molecule has 0 unspecified atom stereocenters. The lowest BCUT2D eigenvalue weighted by Crippen LogP contribution is -2.31. The first-order chi connectivity index (χ1) is 9.82. The molecule has 0 aliphatic rings. The number of carbonyl (C=O) groups is 1. The van der Waals surface area contributed by atoms with Crippen LogP contribution in [-0.2, 0) is 0 Å². The summed E-state index contributed by atoms with van der Waals surface area (Å²) >= 11 is 0. The Bertz CT molecular complexity index is 746. The highest BCUT2D eigenvalue weighted by Gasteiger charge is 2.18. The Hall–Kier alpha value is -2.43. The van der Waals surface area contributed by atoms with Gasteiger partial charge in [-0.1, -0.05) is 13.8 Å². The van der Waals surface area contributed by atoms with Crippen molar-refractivity contribution in [3.63, 3.8) is 0 Å². The van der Waals surface area contributed by atoms with Gasteiger partial charge in [-0.3, -0.25) is 14.2 Å². The van der Waals surface area contributed by atoms with E-state index in [0.717, 1.165) is 5.56 Å². The number of halogens is 1. The molecular formula is C16H17FN2O2. The maximum atomic E-state index is 13.1. The Labute approximate surface area is 122 Å². The second-order valence-electron chi connectivity index (χ2n) is 5.23. The van der Waals surface area contributed by atoms with Gasteiger partial charge in [0.1, 0.15) is 11.4 Å². The molecule has 1 aromatic carbocycles. The molecule has 0 aliphatic heterocycles. The Morgan fingerprint density at radius 2 is 1.81 bits per heavy atom. The first-order valence-electron chi connectivity index (χ1n) is 6.65. The molecule has 0 spiro atoms. The molecule has 0 bridgehead atoms. The number of benzene rings is 1. The van der Waals surface area contributed by atoms with Crippen LogP contribution in [0.4, 0.5) is 4.39 Å². The third kappa shape index (κ3) is 2.72. The Kier molecular flexibility index (Phi) is 3.93. The van der Waals surface area contributed by atoms with Crippen LogP contribution in [0.3, 0.4) is 0 Å². The Balaban J connectivity index is 2.83. The molecule has 1 aromatic heterocycles. The number of nitrogens with zero attached hydrogens (tertiary/aromatic N) is 1. The van der Waals surface area contributed by atoms with Crippen LogP contribution in [0.1, 0.15) is 41.4 Å². The van der Waals surface area contributed by atoms with Gasteiger partial charge in [0, 0.05) is 11.4 Å². The van der Waals surface area contributed by atoms with Crippen LogP contribution in [0.5, 0.6) is 0 Å². The fourth-order valence-electron chi connectivity index (χ4n) is 2.39. The summed E-state index contributed by atoms with van der Waals surface area (Å²) in [7, 11) is 0. The van der Waals surface area contributed by atoms with Crippen LogP contribution in [0, 0.1) is 12.7 Å². The second-order valence-corrected chi connectivity index (χ2v) is 5.23. The summed E-state index contributed by atoms with van der Waals surface area (Å²) in [6.07, 6.45) is 0. The lowest BCUT2D eigenvalue weighted by atomic mass is 9.99. The third-order valence-corrected chi connectivity index (χ3v) is 3.46. The summed E-state index contributed by atoms with van der Waals surface area (Å²) in [4.78, 5) is 24.0. The monoisotopic (exact) mass is 288 g/mol. The quantitative estimate of drug-likeness (QED) is 0.943. The van der Waals surface area contributed by atoms with Crippen molar-refractivity contribution in [2.24, 2.45) is 5.73 Å². The molecule has 5 heteroatoms. The van der Waals surface area contributed by atoms with Gasteiger partial charge in [0.05, 0.1) is 0 Å². The van der Waals surface area contributed by atoms with E-state index >= 15 is 0 Å². The van der Waals surface area contributed by atoms with Crippen molar-refractivity contribution in [2.45, 2.75) is 26.7 Å². The lowest BCUT2D eigenvalue weighted by Gasteiger charge is -2.18. The minimum absolute atomic E-state index is 0.0615. The van der Waals surface area contributed by atoms with E-state index in [9.17, 15) is 14.0 Å². The number of amides is 1. The number of hydrogen-bond donors (Lipinski definition) is 1. The molecule has 1 heterocycles. The summed E-state index contributed by atoms with van der Waals surface area (Å²) < 4.78 is 14.5. The molecule has 0 atom stereocenters. The summed E-state index contributed by atoms with van der Waals surface area (Å²) in [5.41, 5.74) is 6.81. The van der Waals surface area contributed by atoms with Gasteiger partial charge >= 0.3 is 0 Å². The summed E-state index contributed by atoms with van der Waals surface area (Å²) in [5.74, 6) is -1.03. The number of nitrogens with two attached hydrogens (primary N) is 1. The smallest absolute Gasteiger partial charge is 0.268 e. The molecule has 0 fully saturated rings. The van der Waals surface area contributed by atoms with Crippen LogP contribution in [0.15, 0.2) is 35.1 Å². The van der Waals surface area contributed by atoms with E-state index in [1.807, 2.05) is 13.8 Å². The first kappa shape index (κ1) is 15.0. The Morgan fingerprint density at radius 1 is 1.24 bits per heavy atom. The standard InChI is InChI=1S/C16H17FN2O2/c1-9(2)13-8-14(15(18)20)16(21)19(10(13)3)12-6-4-11(17)5-7-12/h4-9H,1-3H3,(H2,18,20). The van der Waals surface area contributed by atoms with E-state index in [0.29, 0.717) is 11.4 Å². The van der Waals surface area contributed by atoms with Crippen molar-refractivity contribution in [1.82, 2.24) is 4.57 Å². The molecule has 110 valence electrons. The minimum Gasteiger partial charge on any atom is -0.365 e. The van der Waals surface area contributed by atoms with Gasteiger partial charge in [-0.25, -0.2) is 4.39 Å². The Morgan fingerprint density at radius 3 is 2.29 bits per heavy atom. The van der Waals surface area contributed by atoms with Crippen molar-refractivity contribution in [2.75, 3.05) is 0 Å². The van der Waals surface area contributed by atoms with E-state index in [1.165, 1.54) is 28.8 Å². The van der Waals surface area contributed by atoms with Gasteiger partial charge < -0.3 is 5.73 Å². The highest BCUT2D eigenvalue weighted by Crippen LogP contribution is 2.21. The van der Waals surface area contributed by atoms with Crippen LogP contribution in [-0.4, -0.2) is 10.5 Å². The van der Waals surface area contributed by atoms with Crippen molar-refractivity contribution in [3.8, 4) is 5.69 Å². The van der Waals surface area contributed by atoms with E-state index in [1.54, 1.807) is 13.0 Å². The van der Waals surface area contributed by atoms with E-state index in [4.69, 9.17) is 5.73 Å². The molecule has 1 amide bonds. The minimum atomic E-state index is -0.766. The van der Waals surface area contributed by atoms with E-state index in [-0.39, 0.29) is 17.3 Å². The highest BCUT2D eigenvalue weighted by molar-refractivity contribution is 5.92. The molecule has 0 saturated carbocycles. The fourth-order valence-corrected chi connectivity index (χ4v) is 2.39.